The molecule has 0 saturated carbocycles. The van der Waals surface area contributed by atoms with E-state index in [1.54, 1.807) is 18.2 Å². The average Bonchev–Trinajstić information content (AvgIpc) is 3.09. The van der Waals surface area contributed by atoms with Crippen LogP contribution in [0.1, 0.15) is 11.9 Å². The second-order valence-corrected chi connectivity index (χ2v) is 7.76. The first-order valence-electron chi connectivity index (χ1n) is 6.02. The number of rotatable bonds is 4. The number of halogens is 1. The molecule has 1 N–H and O–H groups in total. The summed E-state index contributed by atoms with van der Waals surface area (Å²) >= 11 is 6.56. The molecule has 1 aliphatic heterocycles. The molecule has 0 amide bonds. The molecule has 9 heteroatoms. The second-order valence-electron chi connectivity index (χ2n) is 4.24. The number of ether oxygens (including phenoxy) is 2. The molecule has 1 aliphatic rings. The van der Waals surface area contributed by atoms with Crippen LogP contribution >= 0.6 is 22.9 Å². The molecule has 1 aromatic carbocycles. The molecule has 0 aliphatic carbocycles. The van der Waals surface area contributed by atoms with Gasteiger partial charge in [0.25, 0.3) is 10.0 Å². The molecule has 2 aromatic rings. The van der Waals surface area contributed by atoms with E-state index in [0.717, 1.165) is 16.9 Å². The van der Waals surface area contributed by atoms with Gasteiger partial charge in [-0.3, -0.25) is 4.72 Å². The molecular weight excluding hydrogens is 336 g/mol. The summed E-state index contributed by atoms with van der Waals surface area (Å²) in [4.78, 5) is 3.73. The van der Waals surface area contributed by atoms with E-state index in [2.05, 4.69) is 9.71 Å². The highest BCUT2D eigenvalue weighted by atomic mass is 35.5. The van der Waals surface area contributed by atoms with Crippen LogP contribution in [0, 0.1) is 0 Å². The van der Waals surface area contributed by atoms with E-state index in [9.17, 15) is 8.42 Å². The van der Waals surface area contributed by atoms with E-state index in [1.165, 1.54) is 6.20 Å². The van der Waals surface area contributed by atoms with Gasteiger partial charge in [0, 0.05) is 11.3 Å². The first-order chi connectivity index (χ1) is 10.0. The Balaban J connectivity index is 1.83. The predicted octanol–water partition coefficient (Wildman–Crippen LogP) is 2.64. The van der Waals surface area contributed by atoms with Crippen LogP contribution in [0.3, 0.4) is 0 Å². The van der Waals surface area contributed by atoms with Gasteiger partial charge in [0.15, 0.2) is 15.0 Å². The molecule has 1 aromatic heterocycles. The highest BCUT2D eigenvalue weighted by Crippen LogP contribution is 2.28. The van der Waals surface area contributed by atoms with Crippen molar-refractivity contribution >= 4 is 38.6 Å². The summed E-state index contributed by atoms with van der Waals surface area (Å²) < 4.78 is 37.9. The van der Waals surface area contributed by atoms with E-state index in [0.29, 0.717) is 18.9 Å². The highest BCUT2D eigenvalue weighted by Gasteiger charge is 2.21. The van der Waals surface area contributed by atoms with Gasteiger partial charge < -0.3 is 9.47 Å². The van der Waals surface area contributed by atoms with Crippen molar-refractivity contribution in [2.24, 2.45) is 0 Å². The summed E-state index contributed by atoms with van der Waals surface area (Å²) in [6.07, 6.45) is 0.773. The van der Waals surface area contributed by atoms with Crippen molar-refractivity contribution in [3.63, 3.8) is 0 Å². The van der Waals surface area contributed by atoms with Gasteiger partial charge in [-0.2, -0.15) is 0 Å². The lowest BCUT2D eigenvalue weighted by Crippen LogP contribution is -2.12. The van der Waals surface area contributed by atoms with Crippen LogP contribution in [0.5, 0.6) is 0 Å². The Morgan fingerprint density at radius 1 is 1.33 bits per heavy atom. The van der Waals surface area contributed by atoms with E-state index >= 15 is 0 Å². The molecule has 1 fully saturated rings. The molecule has 0 radical (unpaired) electrons. The first kappa shape index (κ1) is 14.7. The van der Waals surface area contributed by atoms with Crippen LogP contribution in [0.4, 0.5) is 5.69 Å². The molecule has 0 unspecified atom stereocenters. The van der Waals surface area contributed by atoms with Crippen molar-refractivity contribution in [1.29, 1.82) is 0 Å². The minimum Gasteiger partial charge on any atom is -0.346 e. The first-order valence-corrected chi connectivity index (χ1v) is 8.70. The number of benzene rings is 1. The van der Waals surface area contributed by atoms with Crippen LogP contribution in [0.25, 0.3) is 0 Å². The smallest absolute Gasteiger partial charge is 0.273 e. The molecule has 21 heavy (non-hydrogen) atoms. The number of hydrogen-bond acceptors (Lipinski definition) is 6. The maximum atomic E-state index is 12.2. The van der Waals surface area contributed by atoms with Crippen molar-refractivity contribution in [2.45, 2.75) is 10.5 Å². The summed E-state index contributed by atoms with van der Waals surface area (Å²) in [5.74, 6) is 0. The SMILES string of the molecule is O=S(=O)(Nc1cccc(C2OCCO2)c1)c1cnc(Cl)s1. The number of thiazole rings is 1. The Hall–Kier alpha value is -1.19. The minimum atomic E-state index is -3.69. The lowest BCUT2D eigenvalue weighted by Gasteiger charge is -2.11. The quantitative estimate of drug-likeness (QED) is 0.920. The lowest BCUT2D eigenvalue weighted by atomic mass is 10.2. The zero-order chi connectivity index (χ0) is 14.9. The van der Waals surface area contributed by atoms with Crippen molar-refractivity contribution < 1.29 is 17.9 Å². The highest BCUT2D eigenvalue weighted by molar-refractivity contribution is 7.94. The normalized spacial score (nSPS) is 16.2. The average molecular weight is 347 g/mol. The van der Waals surface area contributed by atoms with Gasteiger partial charge in [0.05, 0.1) is 19.4 Å². The van der Waals surface area contributed by atoms with Gasteiger partial charge in [0.1, 0.15) is 0 Å². The van der Waals surface area contributed by atoms with Crippen molar-refractivity contribution in [3.05, 3.63) is 40.5 Å². The summed E-state index contributed by atoms with van der Waals surface area (Å²) in [7, 11) is -3.69. The fourth-order valence-corrected chi connectivity index (χ4v) is 4.21. The van der Waals surface area contributed by atoms with Gasteiger partial charge >= 0.3 is 0 Å². The van der Waals surface area contributed by atoms with Gasteiger partial charge in [-0.25, -0.2) is 13.4 Å². The fourth-order valence-electron chi connectivity index (χ4n) is 1.87. The number of nitrogens with zero attached hydrogens (tertiary/aromatic N) is 1. The van der Waals surface area contributed by atoms with Crippen molar-refractivity contribution in [2.75, 3.05) is 17.9 Å². The fraction of sp³-hybridized carbons (Fsp3) is 0.250. The Morgan fingerprint density at radius 2 is 2.10 bits per heavy atom. The number of hydrogen-bond donors (Lipinski definition) is 1. The summed E-state index contributed by atoms with van der Waals surface area (Å²) in [6, 6.07) is 6.88. The third kappa shape index (κ3) is 3.35. The number of aromatic nitrogens is 1. The second kappa shape index (κ2) is 5.90. The third-order valence-corrected chi connectivity index (χ3v) is 5.71. The van der Waals surface area contributed by atoms with E-state index in [-0.39, 0.29) is 8.68 Å². The molecule has 1 saturated heterocycles. The van der Waals surface area contributed by atoms with Crippen LogP contribution in [-0.4, -0.2) is 26.6 Å². The summed E-state index contributed by atoms with van der Waals surface area (Å²) in [6.45, 7) is 1.06. The topological polar surface area (TPSA) is 77.5 Å². The maximum absolute atomic E-state index is 12.2. The van der Waals surface area contributed by atoms with E-state index < -0.39 is 16.3 Å². The molecule has 2 heterocycles. The number of sulfonamides is 1. The molecule has 3 rings (SSSR count). The molecule has 112 valence electrons. The summed E-state index contributed by atoms with van der Waals surface area (Å²) in [5, 5.41) is 0. The maximum Gasteiger partial charge on any atom is 0.273 e. The minimum absolute atomic E-state index is 0.0614. The molecule has 6 nitrogen and oxygen atoms in total. The third-order valence-electron chi connectivity index (χ3n) is 2.75. The molecular formula is C12H11ClN2O4S2. The number of nitrogens with one attached hydrogen (secondary N) is 1. The molecule has 0 atom stereocenters. The Labute approximate surface area is 130 Å². The summed E-state index contributed by atoms with van der Waals surface area (Å²) in [5.41, 5.74) is 1.19. The van der Waals surface area contributed by atoms with Crippen LogP contribution in [0.2, 0.25) is 4.47 Å². The Bertz CT molecular complexity index is 741. The Kier molecular flexibility index (Phi) is 4.14. The largest absolute Gasteiger partial charge is 0.346 e. The standard InChI is InChI=1S/C12H11ClN2O4S2/c13-12-14-7-10(20-12)21(16,17)15-9-3-1-2-8(6-9)11-18-4-5-19-11/h1-3,6-7,11,15H,4-5H2. The van der Waals surface area contributed by atoms with Gasteiger partial charge in [-0.15, -0.1) is 0 Å². The number of anilines is 1. The van der Waals surface area contributed by atoms with Crippen LogP contribution < -0.4 is 4.72 Å². The van der Waals surface area contributed by atoms with Crippen LogP contribution in [0.15, 0.2) is 34.7 Å². The monoisotopic (exact) mass is 346 g/mol. The van der Waals surface area contributed by atoms with Crippen molar-refractivity contribution in [1.82, 2.24) is 4.98 Å². The van der Waals surface area contributed by atoms with Crippen LogP contribution in [-0.2, 0) is 19.5 Å². The zero-order valence-corrected chi connectivity index (χ0v) is 13.0. The van der Waals surface area contributed by atoms with Gasteiger partial charge in [0.2, 0.25) is 0 Å². The lowest BCUT2D eigenvalue weighted by molar-refractivity contribution is -0.0440. The molecule has 0 spiro atoms. The zero-order valence-electron chi connectivity index (χ0n) is 10.7. The molecule has 0 bridgehead atoms. The van der Waals surface area contributed by atoms with Gasteiger partial charge in [-0.05, 0) is 12.1 Å². The van der Waals surface area contributed by atoms with E-state index in [1.807, 2.05) is 6.07 Å². The Morgan fingerprint density at radius 3 is 2.76 bits per heavy atom. The van der Waals surface area contributed by atoms with E-state index in [4.69, 9.17) is 21.1 Å². The van der Waals surface area contributed by atoms with Gasteiger partial charge in [-0.1, -0.05) is 35.1 Å². The predicted molar refractivity (Wildman–Crippen MR) is 79.0 cm³/mol. The van der Waals surface area contributed by atoms with Crippen molar-refractivity contribution in [3.8, 4) is 0 Å².